The van der Waals surface area contributed by atoms with Gasteiger partial charge in [0.1, 0.15) is 6.67 Å². The molecule has 0 amide bonds. The van der Waals surface area contributed by atoms with Crippen LogP contribution in [0.5, 0.6) is 0 Å². The number of aromatic nitrogens is 2. The Labute approximate surface area is 138 Å². The van der Waals surface area contributed by atoms with Crippen molar-refractivity contribution in [2.75, 3.05) is 11.6 Å². The first-order chi connectivity index (χ1) is 10.1. The van der Waals surface area contributed by atoms with Crippen LogP contribution < -0.4 is 4.90 Å². The van der Waals surface area contributed by atoms with Crippen molar-refractivity contribution in [2.45, 2.75) is 13.0 Å². The maximum atomic E-state index is 6.34. The highest BCUT2D eigenvalue weighted by atomic mass is 35.5. The summed E-state index contributed by atoms with van der Waals surface area (Å²) in [6.07, 6.45) is 7.45. The Hall–Kier alpha value is -1.36. The molecule has 110 valence electrons. The Morgan fingerprint density at radius 3 is 2.71 bits per heavy atom. The maximum absolute atomic E-state index is 6.34. The molecule has 1 aromatic heterocycles. The van der Waals surface area contributed by atoms with E-state index in [9.17, 15) is 0 Å². The van der Waals surface area contributed by atoms with E-state index in [0.29, 0.717) is 16.7 Å². The summed E-state index contributed by atoms with van der Waals surface area (Å²) in [4.78, 5) is 6.09. The number of hydrogen-bond donors (Lipinski definition) is 0. The van der Waals surface area contributed by atoms with Crippen molar-refractivity contribution in [1.29, 1.82) is 0 Å². The molecule has 0 fully saturated rings. The van der Waals surface area contributed by atoms with Crippen LogP contribution in [0.15, 0.2) is 48.8 Å². The highest BCUT2D eigenvalue weighted by molar-refractivity contribution is 6.42. The lowest BCUT2D eigenvalue weighted by molar-refractivity contribution is 0.492. The van der Waals surface area contributed by atoms with Gasteiger partial charge in [0.2, 0.25) is 0 Å². The van der Waals surface area contributed by atoms with E-state index in [2.05, 4.69) is 11.9 Å². The minimum Gasteiger partial charge on any atom is -0.329 e. The summed E-state index contributed by atoms with van der Waals surface area (Å²) in [7, 11) is 0. The number of nitrogens with zero attached hydrogens (tertiary/aromatic N) is 4. The minimum absolute atomic E-state index is 0.0952. The van der Waals surface area contributed by atoms with Gasteiger partial charge in [0.25, 0.3) is 0 Å². The summed E-state index contributed by atoms with van der Waals surface area (Å²) in [5, 5.41) is 1.07. The fourth-order valence-electron chi connectivity index (χ4n) is 2.26. The molecule has 2 heterocycles. The topological polar surface area (TPSA) is 24.3 Å². The number of rotatable bonds is 3. The molecule has 3 rings (SSSR count). The molecule has 0 saturated heterocycles. The first-order valence-electron chi connectivity index (χ1n) is 6.40. The van der Waals surface area contributed by atoms with Crippen molar-refractivity contribution < 1.29 is 0 Å². The molecule has 0 bridgehead atoms. The molecular formula is C14H13Cl3N4. The van der Waals surface area contributed by atoms with E-state index < -0.39 is 0 Å². The third-order valence-corrected chi connectivity index (χ3v) is 4.52. The molecule has 0 spiro atoms. The van der Waals surface area contributed by atoms with Crippen LogP contribution in [0.1, 0.15) is 13.0 Å². The van der Waals surface area contributed by atoms with E-state index in [-0.39, 0.29) is 6.04 Å². The van der Waals surface area contributed by atoms with Gasteiger partial charge < -0.3 is 9.47 Å². The van der Waals surface area contributed by atoms with E-state index in [0.717, 1.165) is 11.4 Å². The highest BCUT2D eigenvalue weighted by Crippen LogP contribution is 2.33. The van der Waals surface area contributed by atoms with E-state index in [1.165, 1.54) is 0 Å². The van der Waals surface area contributed by atoms with Crippen molar-refractivity contribution in [3.63, 3.8) is 0 Å². The van der Waals surface area contributed by atoms with Gasteiger partial charge in [-0.3, -0.25) is 4.42 Å². The van der Waals surface area contributed by atoms with Gasteiger partial charge in [0.05, 0.1) is 28.1 Å². The van der Waals surface area contributed by atoms with Gasteiger partial charge in [-0.05, 0) is 25.1 Å². The van der Waals surface area contributed by atoms with Crippen LogP contribution in [0.4, 0.5) is 5.69 Å². The molecule has 1 aliphatic rings. The van der Waals surface area contributed by atoms with Crippen molar-refractivity contribution in [2.24, 2.45) is 0 Å². The molecule has 0 saturated carbocycles. The smallest absolute Gasteiger partial charge is 0.110 e. The molecule has 1 aliphatic heterocycles. The third-order valence-electron chi connectivity index (χ3n) is 3.48. The van der Waals surface area contributed by atoms with Gasteiger partial charge in [-0.1, -0.05) is 23.2 Å². The van der Waals surface area contributed by atoms with E-state index >= 15 is 0 Å². The molecular weight excluding hydrogens is 331 g/mol. The molecule has 0 aliphatic carbocycles. The average Bonchev–Trinajstić information content (AvgIpc) is 3.10. The summed E-state index contributed by atoms with van der Waals surface area (Å²) in [5.74, 6) is 0. The van der Waals surface area contributed by atoms with Gasteiger partial charge in [-0.2, -0.15) is 0 Å². The van der Waals surface area contributed by atoms with Crippen LogP contribution >= 0.6 is 35.0 Å². The summed E-state index contributed by atoms with van der Waals surface area (Å²) >= 11 is 18.4. The monoisotopic (exact) mass is 342 g/mol. The summed E-state index contributed by atoms with van der Waals surface area (Å²) in [6, 6.07) is 5.62. The molecule has 0 radical (unpaired) electrons. The zero-order valence-electron chi connectivity index (χ0n) is 11.2. The Bertz CT molecular complexity index is 669. The quantitative estimate of drug-likeness (QED) is 0.766. The van der Waals surface area contributed by atoms with Gasteiger partial charge in [-0.25, -0.2) is 4.98 Å². The Kier molecular flexibility index (Phi) is 4.02. The van der Waals surface area contributed by atoms with E-state index in [4.69, 9.17) is 35.0 Å². The fourth-order valence-corrected chi connectivity index (χ4v) is 2.85. The Balaban J connectivity index is 1.88. The Morgan fingerprint density at radius 2 is 2.05 bits per heavy atom. The molecule has 2 aromatic rings. The normalized spacial score (nSPS) is 16.3. The van der Waals surface area contributed by atoms with Crippen molar-refractivity contribution in [3.05, 3.63) is 58.9 Å². The number of halogens is 3. The lowest BCUT2D eigenvalue weighted by atomic mass is 10.2. The van der Waals surface area contributed by atoms with Gasteiger partial charge in [0, 0.05) is 36.1 Å². The average molecular weight is 344 g/mol. The lowest BCUT2D eigenvalue weighted by Crippen LogP contribution is -2.21. The predicted molar refractivity (Wildman–Crippen MR) is 86.5 cm³/mol. The zero-order chi connectivity index (χ0) is 15.0. The van der Waals surface area contributed by atoms with Crippen LogP contribution in [0.25, 0.3) is 0 Å². The predicted octanol–water partition coefficient (Wildman–Crippen LogP) is 4.53. The summed E-state index contributed by atoms with van der Waals surface area (Å²) < 4.78 is 3.69. The molecule has 21 heavy (non-hydrogen) atoms. The molecule has 1 unspecified atom stereocenters. The van der Waals surface area contributed by atoms with Crippen molar-refractivity contribution in [1.82, 2.24) is 14.0 Å². The van der Waals surface area contributed by atoms with Crippen LogP contribution in [-0.2, 0) is 0 Å². The van der Waals surface area contributed by atoms with Crippen LogP contribution in [-0.4, -0.2) is 20.6 Å². The van der Waals surface area contributed by atoms with E-state index in [1.807, 2.05) is 34.0 Å². The van der Waals surface area contributed by atoms with Crippen LogP contribution in [0.3, 0.4) is 0 Å². The molecule has 7 heteroatoms. The van der Waals surface area contributed by atoms with Gasteiger partial charge in [-0.15, -0.1) is 0 Å². The first kappa shape index (κ1) is 14.6. The summed E-state index contributed by atoms with van der Waals surface area (Å²) in [5.41, 5.74) is 1.93. The summed E-state index contributed by atoms with van der Waals surface area (Å²) in [6.45, 7) is 2.62. The lowest BCUT2D eigenvalue weighted by Gasteiger charge is -2.20. The number of allylic oxidation sites excluding steroid dienone is 1. The second-order valence-electron chi connectivity index (χ2n) is 4.81. The van der Waals surface area contributed by atoms with Gasteiger partial charge >= 0.3 is 0 Å². The maximum Gasteiger partial charge on any atom is 0.110 e. The minimum atomic E-state index is 0.0952. The number of imidazole rings is 1. The Morgan fingerprint density at radius 1 is 1.24 bits per heavy atom. The standard InChI is InChI=1S/C14H13Cl3N4/c1-10(19-5-4-18-8-19)14-7-20(9-21(14)17)11-2-3-12(15)13(16)6-11/h2-8,10H,9H2,1H3. The number of anilines is 1. The van der Waals surface area contributed by atoms with Crippen molar-refractivity contribution in [3.8, 4) is 0 Å². The molecule has 0 N–H and O–H groups in total. The molecule has 1 atom stereocenters. The number of hydrogen-bond acceptors (Lipinski definition) is 3. The molecule has 1 aromatic carbocycles. The van der Waals surface area contributed by atoms with Crippen LogP contribution in [0, 0.1) is 0 Å². The van der Waals surface area contributed by atoms with Gasteiger partial charge in [0.15, 0.2) is 0 Å². The highest BCUT2D eigenvalue weighted by Gasteiger charge is 2.25. The molecule has 4 nitrogen and oxygen atoms in total. The number of benzene rings is 1. The van der Waals surface area contributed by atoms with Crippen LogP contribution in [0.2, 0.25) is 10.0 Å². The largest absolute Gasteiger partial charge is 0.329 e. The zero-order valence-corrected chi connectivity index (χ0v) is 13.5. The fraction of sp³-hybridized carbons (Fsp3) is 0.214. The first-order valence-corrected chi connectivity index (χ1v) is 7.50. The van der Waals surface area contributed by atoms with E-state index in [1.54, 1.807) is 23.0 Å². The second kappa shape index (κ2) is 5.79. The third kappa shape index (κ3) is 2.84. The van der Waals surface area contributed by atoms with Crippen molar-refractivity contribution >= 4 is 40.7 Å². The SMILES string of the molecule is CC(C1=CN(c2ccc(Cl)c(Cl)c2)CN1Cl)n1ccnc1. The second-order valence-corrected chi connectivity index (χ2v) is 6.03.